The van der Waals surface area contributed by atoms with Crippen molar-refractivity contribution in [3.8, 4) is 11.3 Å². The van der Waals surface area contributed by atoms with E-state index in [9.17, 15) is 4.79 Å². The average Bonchev–Trinajstić information content (AvgIpc) is 2.95. The van der Waals surface area contributed by atoms with Crippen LogP contribution in [0.25, 0.3) is 11.3 Å². The molecule has 0 saturated carbocycles. The van der Waals surface area contributed by atoms with Gasteiger partial charge < -0.3 is 14.2 Å². The van der Waals surface area contributed by atoms with Crippen LogP contribution in [0.5, 0.6) is 0 Å². The lowest BCUT2D eigenvalue weighted by Crippen LogP contribution is -2.53. The molecule has 3 rings (SSSR count). The van der Waals surface area contributed by atoms with Gasteiger partial charge in [0.15, 0.2) is 0 Å². The Kier molecular flexibility index (Phi) is 3.98. The van der Waals surface area contributed by atoms with Crippen LogP contribution >= 0.6 is 0 Å². The molecule has 1 unspecified atom stereocenters. The Bertz CT molecular complexity index is 703. The number of hydrogen-bond donors (Lipinski definition) is 0. The van der Waals surface area contributed by atoms with Crippen molar-refractivity contribution >= 4 is 5.91 Å². The van der Waals surface area contributed by atoms with Crippen LogP contribution in [0.3, 0.4) is 0 Å². The van der Waals surface area contributed by atoms with Crippen molar-refractivity contribution in [2.75, 3.05) is 13.1 Å². The van der Waals surface area contributed by atoms with Gasteiger partial charge in [-0.3, -0.25) is 4.79 Å². The van der Waals surface area contributed by atoms with Gasteiger partial charge in [0.05, 0.1) is 11.7 Å². The van der Waals surface area contributed by atoms with E-state index in [1.54, 1.807) is 11.0 Å². The molecule has 1 aliphatic rings. The number of carbonyl (C=O) groups excluding carboxylic acids is 1. The van der Waals surface area contributed by atoms with Gasteiger partial charge in [0.2, 0.25) is 5.76 Å². The highest BCUT2D eigenvalue weighted by molar-refractivity contribution is 5.92. The fraction of sp³-hybridized carbons (Fsp3) is 0.444. The second-order valence-electron chi connectivity index (χ2n) is 6.82. The molecule has 1 atom stereocenters. The molecule has 1 saturated heterocycles. The Morgan fingerprint density at radius 3 is 2.65 bits per heavy atom. The largest absolute Gasteiger partial charge is 0.369 e. The molecule has 1 aromatic carbocycles. The van der Waals surface area contributed by atoms with Crippen molar-refractivity contribution < 1.29 is 14.1 Å². The quantitative estimate of drug-likeness (QED) is 0.853. The van der Waals surface area contributed by atoms with Crippen molar-refractivity contribution in [1.29, 1.82) is 0 Å². The van der Waals surface area contributed by atoms with E-state index >= 15 is 0 Å². The Morgan fingerprint density at radius 2 is 2.00 bits per heavy atom. The lowest BCUT2D eigenvalue weighted by Gasteiger charge is -2.41. The smallest absolute Gasteiger partial charge is 0.292 e. The number of amides is 1. The maximum absolute atomic E-state index is 12.7. The Labute approximate surface area is 136 Å². The molecular weight excluding hydrogens is 292 g/mol. The van der Waals surface area contributed by atoms with Gasteiger partial charge in [-0.15, -0.1) is 0 Å². The summed E-state index contributed by atoms with van der Waals surface area (Å²) in [6, 6.07) is 9.68. The zero-order valence-electron chi connectivity index (χ0n) is 14.0. The number of aryl methyl sites for hydroxylation is 1. The first-order valence-corrected chi connectivity index (χ1v) is 7.85. The van der Waals surface area contributed by atoms with Crippen LogP contribution in [0, 0.1) is 6.92 Å². The minimum Gasteiger partial charge on any atom is -0.369 e. The standard InChI is InChI=1S/C18H22N2O3/c1-12-5-7-14(8-6-12)15-9-16(23-19-15)17(21)20-10-13(2)22-18(3,4)11-20/h5-9,13H,10-11H2,1-4H3. The highest BCUT2D eigenvalue weighted by Gasteiger charge is 2.35. The minimum atomic E-state index is -0.354. The van der Waals surface area contributed by atoms with Crippen LogP contribution in [0.15, 0.2) is 34.9 Å². The monoisotopic (exact) mass is 314 g/mol. The van der Waals surface area contributed by atoms with Crippen molar-refractivity contribution in [1.82, 2.24) is 10.1 Å². The molecule has 0 spiro atoms. The molecule has 0 aliphatic carbocycles. The SMILES string of the molecule is Cc1ccc(-c2cc(C(=O)N3CC(C)OC(C)(C)C3)on2)cc1. The fourth-order valence-electron chi connectivity index (χ4n) is 3.00. The molecule has 0 bridgehead atoms. The van der Waals surface area contributed by atoms with E-state index in [4.69, 9.17) is 9.26 Å². The third kappa shape index (κ3) is 3.45. The number of aromatic nitrogens is 1. The maximum atomic E-state index is 12.7. The van der Waals surface area contributed by atoms with Gasteiger partial charge in [-0.05, 0) is 27.7 Å². The average molecular weight is 314 g/mol. The number of benzene rings is 1. The summed E-state index contributed by atoms with van der Waals surface area (Å²) in [5.41, 5.74) is 2.44. The number of carbonyl (C=O) groups is 1. The molecule has 5 heteroatoms. The first-order valence-electron chi connectivity index (χ1n) is 7.85. The van der Waals surface area contributed by atoms with Gasteiger partial charge in [-0.25, -0.2) is 0 Å². The van der Waals surface area contributed by atoms with Gasteiger partial charge >= 0.3 is 0 Å². The lowest BCUT2D eigenvalue weighted by atomic mass is 10.1. The second kappa shape index (κ2) is 5.81. The Hall–Kier alpha value is -2.14. The molecular formula is C18H22N2O3. The first kappa shape index (κ1) is 15.7. The molecule has 122 valence electrons. The van der Waals surface area contributed by atoms with E-state index in [0.717, 1.165) is 5.56 Å². The third-order valence-corrected chi connectivity index (χ3v) is 3.92. The fourth-order valence-corrected chi connectivity index (χ4v) is 3.00. The molecule has 2 aromatic rings. The van der Waals surface area contributed by atoms with E-state index in [-0.39, 0.29) is 23.4 Å². The highest BCUT2D eigenvalue weighted by atomic mass is 16.5. The summed E-state index contributed by atoms with van der Waals surface area (Å²) in [6.07, 6.45) is 0.00203. The predicted octanol–water partition coefficient (Wildman–Crippen LogP) is 3.29. The third-order valence-electron chi connectivity index (χ3n) is 3.92. The Morgan fingerprint density at radius 1 is 1.30 bits per heavy atom. The van der Waals surface area contributed by atoms with Gasteiger partial charge in [0.1, 0.15) is 5.69 Å². The van der Waals surface area contributed by atoms with Crippen molar-refractivity contribution in [2.45, 2.75) is 39.4 Å². The molecule has 0 radical (unpaired) electrons. The maximum Gasteiger partial charge on any atom is 0.292 e. The Balaban J connectivity index is 1.79. The number of morpholine rings is 1. The topological polar surface area (TPSA) is 55.6 Å². The summed E-state index contributed by atoms with van der Waals surface area (Å²) in [5.74, 6) is 0.129. The van der Waals surface area contributed by atoms with Crippen molar-refractivity contribution in [3.05, 3.63) is 41.7 Å². The number of hydrogen-bond acceptors (Lipinski definition) is 4. The van der Waals surface area contributed by atoms with Crippen LogP contribution in [-0.2, 0) is 4.74 Å². The summed E-state index contributed by atoms with van der Waals surface area (Å²) in [6.45, 7) is 9.07. The molecule has 5 nitrogen and oxygen atoms in total. The summed E-state index contributed by atoms with van der Waals surface area (Å²) in [5, 5.41) is 4.03. The van der Waals surface area contributed by atoms with E-state index in [0.29, 0.717) is 18.8 Å². The van der Waals surface area contributed by atoms with Crippen LogP contribution in [0.1, 0.15) is 36.9 Å². The molecule has 23 heavy (non-hydrogen) atoms. The summed E-state index contributed by atoms with van der Waals surface area (Å²) in [7, 11) is 0. The van der Waals surface area contributed by atoms with Gasteiger partial charge in [-0.2, -0.15) is 0 Å². The minimum absolute atomic E-state index is 0.00203. The lowest BCUT2D eigenvalue weighted by molar-refractivity contribution is -0.119. The summed E-state index contributed by atoms with van der Waals surface area (Å²) >= 11 is 0. The number of nitrogens with zero attached hydrogens (tertiary/aromatic N) is 2. The number of rotatable bonds is 2. The van der Waals surface area contributed by atoms with Gasteiger partial charge in [0, 0.05) is 24.7 Å². The second-order valence-corrected chi connectivity index (χ2v) is 6.82. The summed E-state index contributed by atoms with van der Waals surface area (Å²) in [4.78, 5) is 14.4. The molecule has 2 heterocycles. The molecule has 1 fully saturated rings. The van der Waals surface area contributed by atoms with Gasteiger partial charge in [-0.1, -0.05) is 35.0 Å². The summed E-state index contributed by atoms with van der Waals surface area (Å²) < 4.78 is 11.1. The van der Waals surface area contributed by atoms with Crippen LogP contribution in [-0.4, -0.2) is 40.8 Å². The molecule has 0 N–H and O–H groups in total. The zero-order chi connectivity index (χ0) is 16.6. The van der Waals surface area contributed by atoms with Gasteiger partial charge in [0.25, 0.3) is 5.91 Å². The normalized spacial score (nSPS) is 20.5. The van der Waals surface area contributed by atoms with E-state index in [1.807, 2.05) is 52.0 Å². The van der Waals surface area contributed by atoms with Crippen LogP contribution in [0.2, 0.25) is 0 Å². The molecule has 1 aromatic heterocycles. The van der Waals surface area contributed by atoms with Crippen molar-refractivity contribution in [3.63, 3.8) is 0 Å². The van der Waals surface area contributed by atoms with E-state index in [2.05, 4.69) is 5.16 Å². The molecule has 1 aliphatic heterocycles. The van der Waals surface area contributed by atoms with E-state index < -0.39 is 0 Å². The van der Waals surface area contributed by atoms with E-state index in [1.165, 1.54) is 5.56 Å². The van der Waals surface area contributed by atoms with Crippen LogP contribution < -0.4 is 0 Å². The predicted molar refractivity (Wildman–Crippen MR) is 87.2 cm³/mol. The first-order chi connectivity index (χ1) is 10.8. The van der Waals surface area contributed by atoms with Crippen molar-refractivity contribution in [2.24, 2.45) is 0 Å². The molecule has 1 amide bonds. The number of ether oxygens (including phenoxy) is 1. The zero-order valence-corrected chi connectivity index (χ0v) is 14.0. The highest BCUT2D eigenvalue weighted by Crippen LogP contribution is 2.24. The van der Waals surface area contributed by atoms with Crippen LogP contribution in [0.4, 0.5) is 0 Å².